The Kier molecular flexibility index (Phi) is 9.58. The second kappa shape index (κ2) is 11.9. The monoisotopic (exact) mass is 445 g/mol. The third-order valence-electron chi connectivity index (χ3n) is 3.93. The number of nitrogens with one attached hydrogen (secondary N) is 1. The standard InChI is InChI=1S/C23H24ClNO2S2/c1-4-28-23(29-5-2)21(22(27)25-19-13-11-18(24)12-14-19)20(26)15-10-17-9-7-6-8-16(17)3/h6-15H,4-5H2,1-3H3,(H,25,27)/b15-10+. The van der Waals surface area contributed by atoms with Crippen LogP contribution >= 0.6 is 35.1 Å². The number of rotatable bonds is 9. The van der Waals surface area contributed by atoms with Gasteiger partial charge in [-0.3, -0.25) is 9.59 Å². The second-order valence-electron chi connectivity index (χ2n) is 6.04. The highest BCUT2D eigenvalue weighted by molar-refractivity contribution is 8.22. The van der Waals surface area contributed by atoms with Crippen LogP contribution in [0.3, 0.4) is 0 Å². The van der Waals surface area contributed by atoms with Crippen LogP contribution in [0.15, 0.2) is 64.4 Å². The van der Waals surface area contributed by atoms with Gasteiger partial charge in [0.1, 0.15) is 5.57 Å². The molecule has 152 valence electrons. The smallest absolute Gasteiger partial charge is 0.261 e. The molecule has 0 bridgehead atoms. The SMILES string of the molecule is CCSC(SCC)=C(C(=O)/C=C/c1ccccc1C)C(=O)Nc1ccc(Cl)cc1. The molecule has 2 rings (SSSR count). The summed E-state index contributed by atoms with van der Waals surface area (Å²) in [5.41, 5.74) is 2.78. The molecule has 3 nitrogen and oxygen atoms in total. The molecule has 6 heteroatoms. The molecule has 0 atom stereocenters. The number of thioether (sulfide) groups is 2. The lowest BCUT2D eigenvalue weighted by atomic mass is 10.1. The molecule has 1 amide bonds. The summed E-state index contributed by atoms with van der Waals surface area (Å²) in [4.78, 5) is 26.1. The second-order valence-corrected chi connectivity index (χ2v) is 9.29. The first-order chi connectivity index (χ1) is 14.0. The third-order valence-corrected chi connectivity index (χ3v) is 6.40. The van der Waals surface area contributed by atoms with Crippen LogP contribution in [-0.4, -0.2) is 23.2 Å². The van der Waals surface area contributed by atoms with Gasteiger partial charge >= 0.3 is 0 Å². The van der Waals surface area contributed by atoms with Crippen molar-refractivity contribution < 1.29 is 9.59 Å². The van der Waals surface area contributed by atoms with Crippen LogP contribution in [0.25, 0.3) is 6.08 Å². The van der Waals surface area contributed by atoms with Gasteiger partial charge in [0, 0.05) is 10.7 Å². The number of benzene rings is 2. The average molecular weight is 446 g/mol. The maximum Gasteiger partial charge on any atom is 0.261 e. The van der Waals surface area contributed by atoms with E-state index in [0.29, 0.717) is 10.7 Å². The van der Waals surface area contributed by atoms with E-state index in [4.69, 9.17) is 11.6 Å². The van der Waals surface area contributed by atoms with Gasteiger partial charge < -0.3 is 5.32 Å². The van der Waals surface area contributed by atoms with E-state index in [1.807, 2.05) is 45.0 Å². The van der Waals surface area contributed by atoms with Crippen LogP contribution in [-0.2, 0) is 9.59 Å². The van der Waals surface area contributed by atoms with Crippen molar-refractivity contribution in [3.8, 4) is 0 Å². The molecule has 2 aromatic carbocycles. The van der Waals surface area contributed by atoms with Gasteiger partial charge in [0.05, 0.1) is 4.24 Å². The molecule has 0 heterocycles. The predicted octanol–water partition coefficient (Wildman–Crippen LogP) is 6.59. The summed E-state index contributed by atoms with van der Waals surface area (Å²) in [6.07, 6.45) is 3.24. The fourth-order valence-corrected chi connectivity index (χ4v) is 4.87. The van der Waals surface area contributed by atoms with E-state index < -0.39 is 5.91 Å². The van der Waals surface area contributed by atoms with Crippen molar-refractivity contribution in [2.45, 2.75) is 20.8 Å². The summed E-state index contributed by atoms with van der Waals surface area (Å²) in [5.74, 6) is 0.823. The summed E-state index contributed by atoms with van der Waals surface area (Å²) in [7, 11) is 0. The minimum absolute atomic E-state index is 0.170. The van der Waals surface area contributed by atoms with E-state index in [1.165, 1.54) is 29.6 Å². The van der Waals surface area contributed by atoms with Crippen LogP contribution in [0.5, 0.6) is 0 Å². The first-order valence-corrected chi connectivity index (χ1v) is 11.7. The molecule has 0 spiro atoms. The van der Waals surface area contributed by atoms with Gasteiger partial charge in [-0.15, -0.1) is 23.5 Å². The molecular formula is C23H24ClNO2S2. The molecule has 0 aliphatic rings. The molecule has 0 unspecified atom stereocenters. The minimum Gasteiger partial charge on any atom is -0.322 e. The van der Waals surface area contributed by atoms with E-state index in [0.717, 1.165) is 26.9 Å². The number of hydrogen-bond acceptors (Lipinski definition) is 4. The molecule has 2 aromatic rings. The van der Waals surface area contributed by atoms with Crippen molar-refractivity contribution in [2.75, 3.05) is 16.8 Å². The summed E-state index contributed by atoms with van der Waals surface area (Å²) >= 11 is 8.93. The van der Waals surface area contributed by atoms with Crippen molar-refractivity contribution in [1.82, 2.24) is 0 Å². The lowest BCUT2D eigenvalue weighted by molar-refractivity contribution is -0.117. The van der Waals surface area contributed by atoms with E-state index in [1.54, 1.807) is 30.3 Å². The summed E-state index contributed by atoms with van der Waals surface area (Å²) in [6.45, 7) is 5.99. The zero-order chi connectivity index (χ0) is 21.2. The number of amides is 1. The number of carbonyl (C=O) groups is 2. The van der Waals surface area contributed by atoms with Gasteiger partial charge in [-0.1, -0.05) is 55.8 Å². The number of carbonyl (C=O) groups excluding carboxylic acids is 2. The van der Waals surface area contributed by atoms with Crippen LogP contribution in [0.4, 0.5) is 5.69 Å². The van der Waals surface area contributed by atoms with Gasteiger partial charge in [0.15, 0.2) is 5.78 Å². The Morgan fingerprint density at radius 2 is 1.62 bits per heavy atom. The molecule has 0 aliphatic carbocycles. The maximum absolute atomic E-state index is 13.1. The summed E-state index contributed by atoms with van der Waals surface area (Å²) < 4.78 is 0.737. The predicted molar refractivity (Wildman–Crippen MR) is 129 cm³/mol. The van der Waals surface area contributed by atoms with Gasteiger partial charge in [0.25, 0.3) is 5.91 Å². The van der Waals surface area contributed by atoms with Crippen molar-refractivity contribution in [2.24, 2.45) is 0 Å². The largest absolute Gasteiger partial charge is 0.322 e. The highest BCUT2D eigenvalue weighted by Crippen LogP contribution is 2.33. The van der Waals surface area contributed by atoms with E-state index >= 15 is 0 Å². The van der Waals surface area contributed by atoms with Crippen molar-refractivity contribution in [3.05, 3.63) is 80.6 Å². The zero-order valence-electron chi connectivity index (χ0n) is 16.7. The maximum atomic E-state index is 13.1. The number of anilines is 1. The van der Waals surface area contributed by atoms with E-state index in [9.17, 15) is 9.59 Å². The highest BCUT2D eigenvalue weighted by Gasteiger charge is 2.22. The Morgan fingerprint density at radius 1 is 1.00 bits per heavy atom. The van der Waals surface area contributed by atoms with Crippen molar-refractivity contribution >= 4 is 58.6 Å². The van der Waals surface area contributed by atoms with Gasteiger partial charge in [-0.05, 0) is 59.9 Å². The number of allylic oxidation sites excluding steroid dienone is 1. The lowest BCUT2D eigenvalue weighted by Gasteiger charge is -2.12. The van der Waals surface area contributed by atoms with Gasteiger partial charge in [0.2, 0.25) is 0 Å². The van der Waals surface area contributed by atoms with E-state index in [2.05, 4.69) is 5.32 Å². The average Bonchev–Trinajstić information content (AvgIpc) is 2.69. The quantitative estimate of drug-likeness (QED) is 0.268. The van der Waals surface area contributed by atoms with E-state index in [-0.39, 0.29) is 11.4 Å². The fourth-order valence-electron chi connectivity index (χ4n) is 2.50. The molecule has 1 N–H and O–H groups in total. The Hall–Kier alpha value is -1.95. The number of hydrogen-bond donors (Lipinski definition) is 1. The molecule has 0 aromatic heterocycles. The molecule has 0 fully saturated rings. The van der Waals surface area contributed by atoms with Crippen molar-refractivity contribution in [1.29, 1.82) is 0 Å². The van der Waals surface area contributed by atoms with Crippen LogP contribution in [0.2, 0.25) is 5.02 Å². The van der Waals surface area contributed by atoms with Crippen LogP contribution in [0.1, 0.15) is 25.0 Å². The summed E-state index contributed by atoms with van der Waals surface area (Å²) in [6, 6.07) is 14.6. The van der Waals surface area contributed by atoms with Crippen LogP contribution in [0, 0.1) is 6.92 Å². The molecule has 0 aliphatic heterocycles. The first-order valence-electron chi connectivity index (χ1n) is 9.31. The molecule has 0 saturated heterocycles. The van der Waals surface area contributed by atoms with Gasteiger partial charge in [-0.2, -0.15) is 0 Å². The Balaban J connectivity index is 2.36. The fraction of sp³-hybridized carbons (Fsp3) is 0.217. The zero-order valence-corrected chi connectivity index (χ0v) is 19.1. The molecule has 0 radical (unpaired) electrons. The molecule has 0 saturated carbocycles. The molecular weight excluding hydrogens is 422 g/mol. The Morgan fingerprint density at radius 3 is 2.21 bits per heavy atom. The number of aryl methyl sites for hydroxylation is 1. The number of halogens is 1. The lowest BCUT2D eigenvalue weighted by Crippen LogP contribution is -2.20. The molecule has 29 heavy (non-hydrogen) atoms. The minimum atomic E-state index is -0.413. The third kappa shape index (κ3) is 7.11. The van der Waals surface area contributed by atoms with Crippen molar-refractivity contribution in [3.63, 3.8) is 0 Å². The topological polar surface area (TPSA) is 46.2 Å². The highest BCUT2D eigenvalue weighted by atomic mass is 35.5. The Labute approximate surface area is 186 Å². The Bertz CT molecular complexity index is 913. The first kappa shape index (κ1) is 23.3. The number of ketones is 1. The summed E-state index contributed by atoms with van der Waals surface area (Å²) in [5, 5.41) is 3.40. The normalized spacial score (nSPS) is 10.8. The van der Waals surface area contributed by atoms with Crippen LogP contribution < -0.4 is 5.32 Å². The van der Waals surface area contributed by atoms with Gasteiger partial charge in [-0.25, -0.2) is 0 Å².